The van der Waals surface area contributed by atoms with Crippen LogP contribution in [0.4, 0.5) is 0 Å². The van der Waals surface area contributed by atoms with Gasteiger partial charge in [-0.15, -0.1) is 0 Å². The van der Waals surface area contributed by atoms with E-state index >= 15 is 0 Å². The highest BCUT2D eigenvalue weighted by atomic mass is 16.5. The third kappa shape index (κ3) is 5.80. The van der Waals surface area contributed by atoms with Gasteiger partial charge in [0.15, 0.2) is 5.78 Å². The van der Waals surface area contributed by atoms with E-state index in [0.29, 0.717) is 18.0 Å². The molecule has 0 aliphatic carbocycles. The Balaban J connectivity index is 1.48. The van der Waals surface area contributed by atoms with Crippen LogP contribution >= 0.6 is 0 Å². The van der Waals surface area contributed by atoms with Crippen LogP contribution in [0.1, 0.15) is 55.3 Å². The molecule has 0 aliphatic rings. The van der Waals surface area contributed by atoms with Gasteiger partial charge in [-0.3, -0.25) is 9.59 Å². The van der Waals surface area contributed by atoms with Gasteiger partial charge in [0.2, 0.25) is 5.91 Å². The van der Waals surface area contributed by atoms with E-state index in [1.807, 2.05) is 44.2 Å². The van der Waals surface area contributed by atoms with Crippen molar-refractivity contribution in [2.75, 3.05) is 6.61 Å². The average molecular weight is 405 g/mol. The second-order valence-corrected chi connectivity index (χ2v) is 7.13. The highest BCUT2D eigenvalue weighted by molar-refractivity contribution is 5.98. The molecule has 30 heavy (non-hydrogen) atoms. The number of ketones is 1. The topological polar surface area (TPSA) is 84.1 Å². The van der Waals surface area contributed by atoms with E-state index in [2.05, 4.69) is 15.3 Å². The molecule has 6 nitrogen and oxygen atoms in total. The van der Waals surface area contributed by atoms with Crippen LogP contribution in [0.15, 0.2) is 60.8 Å². The Morgan fingerprint density at radius 3 is 2.50 bits per heavy atom. The van der Waals surface area contributed by atoms with Gasteiger partial charge in [0, 0.05) is 18.4 Å². The standard InChI is InChI=1S/C24H27N3O3/c1-3-15-30-20-11-9-19(10-12-20)22(28)13-14-23(29)26-17(2)24-25-16-21(27-24)18-7-5-4-6-8-18/h4-12,16-17H,3,13-15H2,1-2H3,(H,25,27)(H,26,29). The minimum Gasteiger partial charge on any atom is -0.494 e. The lowest BCUT2D eigenvalue weighted by atomic mass is 10.1. The summed E-state index contributed by atoms with van der Waals surface area (Å²) >= 11 is 0. The Bertz CT molecular complexity index is 965. The maximum Gasteiger partial charge on any atom is 0.221 e. The summed E-state index contributed by atoms with van der Waals surface area (Å²) in [6.07, 6.45) is 2.97. The number of amides is 1. The van der Waals surface area contributed by atoms with Crippen molar-refractivity contribution < 1.29 is 14.3 Å². The molecule has 3 rings (SSSR count). The molecule has 1 unspecified atom stereocenters. The number of nitrogens with zero attached hydrogens (tertiary/aromatic N) is 1. The van der Waals surface area contributed by atoms with E-state index in [1.165, 1.54) is 0 Å². The number of ether oxygens (including phenoxy) is 1. The van der Waals surface area contributed by atoms with Gasteiger partial charge in [-0.1, -0.05) is 37.3 Å². The van der Waals surface area contributed by atoms with E-state index < -0.39 is 0 Å². The van der Waals surface area contributed by atoms with E-state index in [9.17, 15) is 9.59 Å². The first kappa shape index (κ1) is 21.3. The smallest absolute Gasteiger partial charge is 0.221 e. The van der Waals surface area contributed by atoms with Crippen molar-refractivity contribution in [3.8, 4) is 17.0 Å². The van der Waals surface area contributed by atoms with E-state index in [-0.39, 0.29) is 30.6 Å². The zero-order chi connectivity index (χ0) is 21.3. The SMILES string of the molecule is CCCOc1ccc(C(=O)CCC(=O)NC(C)c2ncc(-c3ccccc3)[nH]2)cc1. The van der Waals surface area contributed by atoms with Crippen molar-refractivity contribution in [3.63, 3.8) is 0 Å². The number of benzene rings is 2. The van der Waals surface area contributed by atoms with Gasteiger partial charge in [0.1, 0.15) is 11.6 Å². The number of rotatable bonds is 10. The van der Waals surface area contributed by atoms with Crippen LogP contribution in [-0.4, -0.2) is 28.3 Å². The maximum absolute atomic E-state index is 12.4. The lowest BCUT2D eigenvalue weighted by Crippen LogP contribution is -2.27. The Labute approximate surface area is 176 Å². The van der Waals surface area contributed by atoms with Gasteiger partial charge in [0.25, 0.3) is 0 Å². The Morgan fingerprint density at radius 1 is 1.07 bits per heavy atom. The summed E-state index contributed by atoms with van der Waals surface area (Å²) in [6.45, 7) is 4.55. The number of H-pyrrole nitrogens is 1. The monoisotopic (exact) mass is 405 g/mol. The lowest BCUT2D eigenvalue weighted by Gasteiger charge is -2.11. The van der Waals surface area contributed by atoms with Crippen LogP contribution < -0.4 is 10.1 Å². The van der Waals surface area contributed by atoms with Crippen LogP contribution in [-0.2, 0) is 4.79 Å². The molecule has 1 atom stereocenters. The molecule has 0 fully saturated rings. The molecule has 3 aromatic rings. The van der Waals surface area contributed by atoms with E-state index in [4.69, 9.17) is 4.74 Å². The Kier molecular flexibility index (Phi) is 7.38. The van der Waals surface area contributed by atoms with Crippen molar-refractivity contribution in [3.05, 3.63) is 72.2 Å². The molecule has 0 saturated heterocycles. The third-order valence-corrected chi connectivity index (χ3v) is 4.70. The number of carbonyl (C=O) groups is 2. The van der Waals surface area contributed by atoms with Crippen LogP contribution in [0.2, 0.25) is 0 Å². The predicted octanol–water partition coefficient (Wildman–Crippen LogP) is 4.71. The number of hydrogen-bond donors (Lipinski definition) is 2. The van der Waals surface area contributed by atoms with Crippen molar-refractivity contribution in [1.29, 1.82) is 0 Å². The van der Waals surface area contributed by atoms with Gasteiger partial charge < -0.3 is 15.0 Å². The fourth-order valence-corrected chi connectivity index (χ4v) is 3.03. The molecule has 1 heterocycles. The summed E-state index contributed by atoms with van der Waals surface area (Å²) < 4.78 is 5.52. The van der Waals surface area contributed by atoms with Crippen molar-refractivity contribution in [2.45, 2.75) is 39.2 Å². The number of Topliss-reactive ketones (excluding diaryl/α,β-unsaturated/α-hetero) is 1. The zero-order valence-corrected chi connectivity index (χ0v) is 17.4. The summed E-state index contributed by atoms with van der Waals surface area (Å²) in [5.41, 5.74) is 2.51. The largest absolute Gasteiger partial charge is 0.494 e. The number of aromatic amines is 1. The van der Waals surface area contributed by atoms with Gasteiger partial charge in [-0.25, -0.2) is 4.98 Å². The summed E-state index contributed by atoms with van der Waals surface area (Å²) in [5.74, 6) is 1.17. The predicted molar refractivity (Wildman–Crippen MR) is 116 cm³/mol. The van der Waals surface area contributed by atoms with Gasteiger partial charge >= 0.3 is 0 Å². The van der Waals surface area contributed by atoms with Gasteiger partial charge in [-0.05, 0) is 43.2 Å². The fraction of sp³-hybridized carbons (Fsp3) is 0.292. The van der Waals surface area contributed by atoms with Crippen LogP contribution in [0.25, 0.3) is 11.3 Å². The summed E-state index contributed by atoms with van der Waals surface area (Å²) in [7, 11) is 0. The zero-order valence-electron chi connectivity index (χ0n) is 17.4. The number of nitrogens with one attached hydrogen (secondary N) is 2. The first-order valence-corrected chi connectivity index (χ1v) is 10.2. The van der Waals surface area contributed by atoms with E-state index in [0.717, 1.165) is 23.4 Å². The fourth-order valence-electron chi connectivity index (χ4n) is 3.03. The van der Waals surface area contributed by atoms with Crippen molar-refractivity contribution in [1.82, 2.24) is 15.3 Å². The molecule has 2 aromatic carbocycles. The molecule has 2 N–H and O–H groups in total. The quantitative estimate of drug-likeness (QED) is 0.479. The van der Waals surface area contributed by atoms with E-state index in [1.54, 1.807) is 30.5 Å². The second-order valence-electron chi connectivity index (χ2n) is 7.13. The lowest BCUT2D eigenvalue weighted by molar-refractivity contribution is -0.121. The summed E-state index contributed by atoms with van der Waals surface area (Å²) in [4.78, 5) is 32.2. The van der Waals surface area contributed by atoms with Crippen LogP contribution in [0.3, 0.4) is 0 Å². The molecular weight excluding hydrogens is 378 g/mol. The number of aromatic nitrogens is 2. The molecule has 1 aromatic heterocycles. The summed E-state index contributed by atoms with van der Waals surface area (Å²) in [5, 5.41) is 2.90. The Hall–Kier alpha value is -3.41. The molecule has 0 saturated carbocycles. The highest BCUT2D eigenvalue weighted by Crippen LogP contribution is 2.19. The summed E-state index contributed by atoms with van der Waals surface area (Å²) in [6, 6.07) is 16.6. The number of hydrogen-bond acceptors (Lipinski definition) is 4. The highest BCUT2D eigenvalue weighted by Gasteiger charge is 2.15. The number of carbonyl (C=O) groups excluding carboxylic acids is 2. The first-order chi connectivity index (χ1) is 14.6. The minimum atomic E-state index is -0.278. The normalized spacial score (nSPS) is 11.7. The van der Waals surface area contributed by atoms with Crippen LogP contribution in [0.5, 0.6) is 5.75 Å². The Morgan fingerprint density at radius 2 is 1.80 bits per heavy atom. The third-order valence-electron chi connectivity index (χ3n) is 4.70. The molecule has 6 heteroatoms. The first-order valence-electron chi connectivity index (χ1n) is 10.2. The second kappa shape index (κ2) is 10.4. The molecule has 0 bridgehead atoms. The molecule has 0 radical (unpaired) electrons. The number of imidazole rings is 1. The maximum atomic E-state index is 12.4. The molecular formula is C24H27N3O3. The molecule has 156 valence electrons. The molecule has 1 amide bonds. The molecule has 0 spiro atoms. The molecule has 0 aliphatic heterocycles. The minimum absolute atomic E-state index is 0.0655. The van der Waals surface area contributed by atoms with Gasteiger partial charge in [0.05, 0.1) is 24.5 Å². The van der Waals surface area contributed by atoms with Crippen LogP contribution in [0, 0.1) is 0 Å². The average Bonchev–Trinajstić information content (AvgIpc) is 3.27. The van der Waals surface area contributed by atoms with Crippen molar-refractivity contribution >= 4 is 11.7 Å². The van der Waals surface area contributed by atoms with Gasteiger partial charge in [-0.2, -0.15) is 0 Å². The van der Waals surface area contributed by atoms with Crippen molar-refractivity contribution in [2.24, 2.45) is 0 Å².